The number of rotatable bonds is 6. The molecule has 0 fully saturated rings. The predicted octanol–water partition coefficient (Wildman–Crippen LogP) is 3.53. The van der Waals surface area contributed by atoms with Crippen molar-refractivity contribution in [2.24, 2.45) is 0 Å². The molecule has 4 nitrogen and oxygen atoms in total. The smallest absolute Gasteiger partial charge is 1.00 e. The molecule has 1 aliphatic rings. The quantitative estimate of drug-likeness (QED) is 0.592. The first kappa shape index (κ1) is 23.6. The van der Waals surface area contributed by atoms with Crippen LogP contribution in [0.5, 0.6) is 5.75 Å². The van der Waals surface area contributed by atoms with Crippen molar-refractivity contribution in [3.8, 4) is 5.75 Å². The minimum atomic E-state index is -1.03. The van der Waals surface area contributed by atoms with Crippen molar-refractivity contribution in [3.63, 3.8) is 0 Å². The molecule has 1 aromatic heterocycles. The number of carboxylic acid groups (broad SMARTS) is 1. The third kappa shape index (κ3) is 5.58. The standard InChI is InChI=1S/C25H22ClNO3.Na.H/c1-16-8-10-17(11-9-16)15-30-24-13-12-18(26)14-21(24)19-4-2-5-20(19)22-6-3-7-23(27-22)25(28)29;;/h3,6-14H,2,4-5,15H2,1H3,(H,28,29);;/q;+1;-1. The van der Waals surface area contributed by atoms with E-state index in [2.05, 4.69) is 36.2 Å². The number of carboxylic acids is 1. The van der Waals surface area contributed by atoms with Crippen LogP contribution in [0.2, 0.25) is 5.02 Å². The van der Waals surface area contributed by atoms with Crippen molar-refractivity contribution in [2.75, 3.05) is 0 Å². The molecule has 0 spiro atoms. The fraction of sp³-hybridized carbons (Fsp3) is 0.200. The van der Waals surface area contributed by atoms with Crippen LogP contribution in [0.4, 0.5) is 0 Å². The predicted molar refractivity (Wildman–Crippen MR) is 120 cm³/mol. The van der Waals surface area contributed by atoms with Crippen LogP contribution in [0, 0.1) is 6.92 Å². The minimum Gasteiger partial charge on any atom is -1.00 e. The van der Waals surface area contributed by atoms with E-state index in [0.29, 0.717) is 17.3 Å². The van der Waals surface area contributed by atoms with Crippen LogP contribution in [0.25, 0.3) is 11.1 Å². The van der Waals surface area contributed by atoms with Gasteiger partial charge in [0.1, 0.15) is 18.1 Å². The van der Waals surface area contributed by atoms with Crippen molar-refractivity contribution >= 4 is 28.7 Å². The van der Waals surface area contributed by atoms with Gasteiger partial charge in [-0.1, -0.05) is 47.5 Å². The molecular weight excluding hydrogens is 421 g/mol. The number of nitrogens with zero attached hydrogens (tertiary/aromatic N) is 1. The molecule has 0 atom stereocenters. The second kappa shape index (κ2) is 10.5. The Morgan fingerprint density at radius 1 is 1.10 bits per heavy atom. The maximum absolute atomic E-state index is 11.3. The first-order valence-electron chi connectivity index (χ1n) is 9.92. The molecule has 0 amide bonds. The number of halogens is 1. The third-order valence-corrected chi connectivity index (χ3v) is 5.51. The van der Waals surface area contributed by atoms with Gasteiger partial charge in [0.2, 0.25) is 0 Å². The van der Waals surface area contributed by atoms with Gasteiger partial charge in [-0.25, -0.2) is 9.78 Å². The van der Waals surface area contributed by atoms with Crippen molar-refractivity contribution in [2.45, 2.75) is 32.8 Å². The average Bonchev–Trinajstić information content (AvgIpc) is 3.24. The maximum Gasteiger partial charge on any atom is 1.00 e. The fourth-order valence-corrected chi connectivity index (χ4v) is 3.93. The number of aryl methyl sites for hydroxylation is 1. The Balaban J connectivity index is 0.00000181. The first-order chi connectivity index (χ1) is 14.5. The van der Waals surface area contributed by atoms with Gasteiger partial charge < -0.3 is 11.3 Å². The second-order valence-corrected chi connectivity index (χ2v) is 7.88. The van der Waals surface area contributed by atoms with Crippen LogP contribution < -0.4 is 34.3 Å². The zero-order chi connectivity index (χ0) is 21.1. The number of ether oxygens (including phenoxy) is 1. The Bertz CT molecular complexity index is 1130. The van der Waals surface area contributed by atoms with Gasteiger partial charge in [0.25, 0.3) is 0 Å². The van der Waals surface area contributed by atoms with Gasteiger partial charge in [0, 0.05) is 10.6 Å². The van der Waals surface area contributed by atoms with Crippen LogP contribution in [-0.2, 0) is 6.61 Å². The van der Waals surface area contributed by atoms with Crippen molar-refractivity contribution < 1.29 is 45.6 Å². The molecule has 1 heterocycles. The number of pyridine rings is 1. The van der Waals surface area contributed by atoms with E-state index >= 15 is 0 Å². The van der Waals surface area contributed by atoms with E-state index in [-0.39, 0.29) is 36.7 Å². The second-order valence-electron chi connectivity index (χ2n) is 7.44. The molecule has 0 bridgehead atoms. The van der Waals surface area contributed by atoms with Crippen LogP contribution in [-0.4, -0.2) is 16.1 Å². The Labute approximate surface area is 210 Å². The molecule has 1 N–H and O–H groups in total. The van der Waals surface area contributed by atoms with Crippen molar-refractivity contribution in [1.82, 2.24) is 4.98 Å². The molecule has 0 unspecified atom stereocenters. The number of carbonyl (C=O) groups is 1. The number of hydrogen-bond acceptors (Lipinski definition) is 3. The van der Waals surface area contributed by atoms with Gasteiger partial charge in [0.05, 0.1) is 5.69 Å². The van der Waals surface area contributed by atoms with E-state index in [4.69, 9.17) is 16.3 Å². The molecule has 6 heteroatoms. The summed E-state index contributed by atoms with van der Waals surface area (Å²) in [5.41, 5.74) is 6.18. The summed E-state index contributed by atoms with van der Waals surface area (Å²) in [6, 6.07) is 19.0. The summed E-state index contributed by atoms with van der Waals surface area (Å²) in [5, 5.41) is 9.93. The van der Waals surface area contributed by atoms with E-state index < -0.39 is 5.97 Å². The monoisotopic (exact) mass is 443 g/mol. The Morgan fingerprint density at radius 3 is 2.58 bits per heavy atom. The summed E-state index contributed by atoms with van der Waals surface area (Å²) in [6.07, 6.45) is 2.69. The Morgan fingerprint density at radius 2 is 1.84 bits per heavy atom. The first-order valence-corrected chi connectivity index (χ1v) is 10.3. The molecule has 0 radical (unpaired) electrons. The molecule has 0 aliphatic heterocycles. The van der Waals surface area contributed by atoms with E-state index in [1.54, 1.807) is 6.07 Å². The number of allylic oxidation sites excluding steroid dienone is 2. The van der Waals surface area contributed by atoms with Gasteiger partial charge in [-0.05, 0) is 73.2 Å². The van der Waals surface area contributed by atoms with E-state index in [1.165, 1.54) is 11.6 Å². The molecule has 1 aliphatic carbocycles. The summed E-state index contributed by atoms with van der Waals surface area (Å²) in [7, 11) is 0. The van der Waals surface area contributed by atoms with E-state index in [1.807, 2.05) is 24.3 Å². The molecular formula is C25H23ClNNaO3. The zero-order valence-corrected chi connectivity index (χ0v) is 20.4. The summed E-state index contributed by atoms with van der Waals surface area (Å²) in [6.45, 7) is 2.52. The summed E-state index contributed by atoms with van der Waals surface area (Å²) >= 11 is 6.32. The van der Waals surface area contributed by atoms with Gasteiger partial charge >= 0.3 is 35.5 Å². The largest absolute Gasteiger partial charge is 1.00 e. The van der Waals surface area contributed by atoms with Crippen molar-refractivity contribution in [3.05, 3.63) is 93.8 Å². The molecule has 154 valence electrons. The topological polar surface area (TPSA) is 59.4 Å². The van der Waals surface area contributed by atoms with Crippen LogP contribution in [0.1, 0.15) is 53.6 Å². The van der Waals surface area contributed by atoms with Crippen LogP contribution in [0.15, 0.2) is 60.7 Å². The summed E-state index contributed by atoms with van der Waals surface area (Å²) in [4.78, 5) is 15.7. The number of benzene rings is 2. The number of aromatic carboxylic acids is 1. The van der Waals surface area contributed by atoms with Crippen LogP contribution in [0.3, 0.4) is 0 Å². The molecule has 0 saturated heterocycles. The number of aromatic nitrogens is 1. The molecule has 3 aromatic rings. The van der Waals surface area contributed by atoms with Gasteiger partial charge in [0.15, 0.2) is 0 Å². The molecule has 31 heavy (non-hydrogen) atoms. The molecule has 2 aromatic carbocycles. The maximum atomic E-state index is 11.3. The van der Waals surface area contributed by atoms with E-state index in [0.717, 1.165) is 47.3 Å². The van der Waals surface area contributed by atoms with Crippen LogP contribution >= 0.6 is 11.6 Å². The SMILES string of the molecule is Cc1ccc(COc2ccc(Cl)cc2C2=C(c3cccc(C(=O)O)n3)CCC2)cc1.[H-].[Na+]. The number of hydrogen-bond donors (Lipinski definition) is 1. The molecule has 4 rings (SSSR count). The van der Waals surface area contributed by atoms with Gasteiger partial charge in [-0.2, -0.15) is 0 Å². The van der Waals surface area contributed by atoms with Gasteiger partial charge in [-0.15, -0.1) is 0 Å². The van der Waals surface area contributed by atoms with Gasteiger partial charge in [-0.3, -0.25) is 0 Å². The Kier molecular flexibility index (Phi) is 7.95. The summed E-state index contributed by atoms with van der Waals surface area (Å²) in [5.74, 6) is -0.259. The normalized spacial score (nSPS) is 13.1. The summed E-state index contributed by atoms with van der Waals surface area (Å²) < 4.78 is 6.17. The van der Waals surface area contributed by atoms with E-state index in [9.17, 15) is 9.90 Å². The minimum absolute atomic E-state index is 0. The molecule has 0 saturated carbocycles. The zero-order valence-electron chi connectivity index (χ0n) is 18.7. The fourth-order valence-electron chi connectivity index (χ4n) is 3.75. The third-order valence-electron chi connectivity index (χ3n) is 5.28. The van der Waals surface area contributed by atoms with Crippen molar-refractivity contribution in [1.29, 1.82) is 0 Å². The Hall–Kier alpha value is -2.11. The average molecular weight is 444 g/mol.